The van der Waals surface area contributed by atoms with Gasteiger partial charge in [0.2, 0.25) is 0 Å². The standard InChI is InChI=1S/C20H21NO3S/c1-14-10-12-15(13-11-14)25(22,23)21-17-7-4-3-6-16(17)20-18(21)8-5-9-19(20)24-2/h3-4,6-7,10-13,19H,5,8-9H2,1-2H3. The zero-order chi connectivity index (χ0) is 17.6. The third-order valence-corrected chi connectivity index (χ3v) is 6.78. The van der Waals surface area contributed by atoms with Crippen LogP contribution in [0.2, 0.25) is 0 Å². The summed E-state index contributed by atoms with van der Waals surface area (Å²) >= 11 is 0. The summed E-state index contributed by atoms with van der Waals surface area (Å²) in [5.41, 5.74) is 3.66. The first-order chi connectivity index (χ1) is 12.0. The fourth-order valence-corrected chi connectivity index (χ4v) is 5.40. The van der Waals surface area contributed by atoms with Gasteiger partial charge < -0.3 is 4.74 Å². The lowest BCUT2D eigenvalue weighted by Gasteiger charge is -2.23. The normalized spacial score (nSPS) is 17.6. The number of benzene rings is 2. The third kappa shape index (κ3) is 2.50. The molecule has 0 bridgehead atoms. The van der Waals surface area contributed by atoms with Crippen LogP contribution in [0.3, 0.4) is 0 Å². The van der Waals surface area contributed by atoms with Gasteiger partial charge in [0.1, 0.15) is 0 Å². The quantitative estimate of drug-likeness (QED) is 0.707. The first-order valence-electron chi connectivity index (χ1n) is 8.51. The van der Waals surface area contributed by atoms with Gasteiger partial charge in [0.15, 0.2) is 0 Å². The molecule has 1 heterocycles. The summed E-state index contributed by atoms with van der Waals surface area (Å²) in [7, 11) is -1.96. The Kier molecular flexibility index (Phi) is 3.93. The number of nitrogens with zero attached hydrogens (tertiary/aromatic N) is 1. The van der Waals surface area contributed by atoms with E-state index >= 15 is 0 Å². The first-order valence-corrected chi connectivity index (χ1v) is 9.95. The molecule has 1 aromatic heterocycles. The molecule has 4 nitrogen and oxygen atoms in total. The molecule has 0 N–H and O–H groups in total. The van der Waals surface area contributed by atoms with Crippen LogP contribution >= 0.6 is 0 Å². The molecule has 0 fully saturated rings. The van der Waals surface area contributed by atoms with Gasteiger partial charge in [0.05, 0.1) is 16.5 Å². The van der Waals surface area contributed by atoms with Gasteiger partial charge in [-0.05, 0) is 44.4 Å². The Morgan fingerprint density at radius 1 is 1.08 bits per heavy atom. The van der Waals surface area contributed by atoms with Crippen molar-refractivity contribution in [2.75, 3.05) is 7.11 Å². The average Bonchev–Trinajstić information content (AvgIpc) is 2.97. The number of aryl methyl sites for hydroxylation is 1. The van der Waals surface area contributed by atoms with E-state index in [0.717, 1.165) is 47.0 Å². The Labute approximate surface area is 148 Å². The summed E-state index contributed by atoms with van der Waals surface area (Å²) < 4.78 is 34.0. The monoisotopic (exact) mass is 355 g/mol. The second-order valence-corrected chi connectivity index (χ2v) is 8.36. The molecule has 3 aromatic rings. The van der Waals surface area contributed by atoms with Gasteiger partial charge in [-0.3, -0.25) is 0 Å². The van der Waals surface area contributed by atoms with Crippen molar-refractivity contribution in [1.82, 2.24) is 3.97 Å². The molecule has 0 saturated heterocycles. The SMILES string of the molecule is COC1CCCc2c1c1ccccc1n2S(=O)(=O)c1ccc(C)cc1. The van der Waals surface area contributed by atoms with E-state index in [1.165, 1.54) is 3.97 Å². The number of rotatable bonds is 3. The van der Waals surface area contributed by atoms with Crippen LogP contribution in [-0.2, 0) is 21.2 Å². The van der Waals surface area contributed by atoms with Crippen molar-refractivity contribution in [1.29, 1.82) is 0 Å². The van der Waals surface area contributed by atoms with E-state index in [1.54, 1.807) is 19.2 Å². The van der Waals surface area contributed by atoms with Crippen molar-refractivity contribution in [2.24, 2.45) is 0 Å². The molecular formula is C20H21NO3S. The van der Waals surface area contributed by atoms with E-state index in [0.29, 0.717) is 4.90 Å². The molecule has 1 atom stereocenters. The van der Waals surface area contributed by atoms with Crippen molar-refractivity contribution in [3.8, 4) is 0 Å². The van der Waals surface area contributed by atoms with Crippen molar-refractivity contribution < 1.29 is 13.2 Å². The fraction of sp³-hybridized carbons (Fsp3) is 0.300. The average molecular weight is 355 g/mol. The van der Waals surface area contributed by atoms with Crippen LogP contribution in [0.4, 0.5) is 0 Å². The van der Waals surface area contributed by atoms with Gasteiger partial charge in [-0.25, -0.2) is 12.4 Å². The largest absolute Gasteiger partial charge is 0.377 e. The summed E-state index contributed by atoms with van der Waals surface area (Å²) in [4.78, 5) is 0.321. The maximum atomic E-state index is 13.4. The van der Waals surface area contributed by atoms with E-state index in [4.69, 9.17) is 4.74 Å². The molecule has 0 aliphatic heterocycles. The summed E-state index contributed by atoms with van der Waals surface area (Å²) in [6.07, 6.45) is 2.53. The highest BCUT2D eigenvalue weighted by Gasteiger charge is 2.32. The van der Waals surface area contributed by atoms with Crippen LogP contribution in [0.25, 0.3) is 10.9 Å². The van der Waals surface area contributed by atoms with E-state index in [-0.39, 0.29) is 6.10 Å². The van der Waals surface area contributed by atoms with Crippen LogP contribution in [-0.4, -0.2) is 19.5 Å². The summed E-state index contributed by atoms with van der Waals surface area (Å²) in [5.74, 6) is 0. The Morgan fingerprint density at radius 2 is 1.80 bits per heavy atom. The van der Waals surface area contributed by atoms with Crippen molar-refractivity contribution in [3.63, 3.8) is 0 Å². The van der Waals surface area contributed by atoms with E-state index in [2.05, 4.69) is 0 Å². The maximum Gasteiger partial charge on any atom is 0.268 e. The number of methoxy groups -OCH3 is 1. The van der Waals surface area contributed by atoms with E-state index in [1.807, 2.05) is 43.3 Å². The van der Waals surface area contributed by atoms with Gasteiger partial charge in [0, 0.05) is 23.8 Å². The second kappa shape index (κ2) is 6.00. The molecule has 1 unspecified atom stereocenters. The van der Waals surface area contributed by atoms with Gasteiger partial charge in [-0.1, -0.05) is 35.9 Å². The minimum atomic E-state index is -3.65. The number of para-hydroxylation sites is 1. The smallest absolute Gasteiger partial charge is 0.268 e. The number of hydrogen-bond acceptors (Lipinski definition) is 3. The molecule has 4 rings (SSSR count). The molecule has 25 heavy (non-hydrogen) atoms. The van der Waals surface area contributed by atoms with Crippen molar-refractivity contribution in [2.45, 2.75) is 37.2 Å². The predicted molar refractivity (Wildman–Crippen MR) is 98.4 cm³/mol. The van der Waals surface area contributed by atoms with E-state index in [9.17, 15) is 8.42 Å². The molecule has 0 spiro atoms. The zero-order valence-electron chi connectivity index (χ0n) is 14.4. The molecular weight excluding hydrogens is 334 g/mol. The van der Waals surface area contributed by atoms with Crippen LogP contribution in [0.1, 0.15) is 35.8 Å². The summed E-state index contributed by atoms with van der Waals surface area (Å²) in [5, 5.41) is 0.972. The Morgan fingerprint density at radius 3 is 2.52 bits per heavy atom. The minimum Gasteiger partial charge on any atom is -0.377 e. The Bertz CT molecular complexity index is 1030. The van der Waals surface area contributed by atoms with Crippen molar-refractivity contribution >= 4 is 20.9 Å². The Balaban J connectivity index is 2.04. The fourth-order valence-electron chi connectivity index (χ4n) is 3.81. The first kappa shape index (κ1) is 16.4. The predicted octanol–water partition coefficient (Wildman–Crippen LogP) is 4.21. The lowest BCUT2D eigenvalue weighted by Crippen LogP contribution is -2.19. The van der Waals surface area contributed by atoms with Crippen LogP contribution < -0.4 is 0 Å². The third-order valence-electron chi connectivity index (χ3n) is 5.01. The zero-order valence-corrected chi connectivity index (χ0v) is 15.2. The molecule has 0 amide bonds. The minimum absolute atomic E-state index is 0.0527. The van der Waals surface area contributed by atoms with Gasteiger partial charge >= 0.3 is 0 Å². The van der Waals surface area contributed by atoms with Gasteiger partial charge in [-0.15, -0.1) is 0 Å². The van der Waals surface area contributed by atoms with Gasteiger partial charge in [0.25, 0.3) is 10.0 Å². The summed E-state index contributed by atoms with van der Waals surface area (Å²) in [6, 6.07) is 14.7. The van der Waals surface area contributed by atoms with Crippen LogP contribution in [0, 0.1) is 6.92 Å². The molecule has 1 aliphatic rings. The maximum absolute atomic E-state index is 13.4. The molecule has 0 saturated carbocycles. The van der Waals surface area contributed by atoms with Crippen LogP contribution in [0.5, 0.6) is 0 Å². The number of aromatic nitrogens is 1. The molecule has 2 aromatic carbocycles. The van der Waals surface area contributed by atoms with Crippen molar-refractivity contribution in [3.05, 3.63) is 65.4 Å². The molecule has 130 valence electrons. The number of fused-ring (bicyclic) bond motifs is 3. The number of ether oxygens (including phenoxy) is 1. The lowest BCUT2D eigenvalue weighted by atomic mass is 9.93. The topological polar surface area (TPSA) is 48.3 Å². The summed E-state index contributed by atoms with van der Waals surface area (Å²) in [6.45, 7) is 1.95. The lowest BCUT2D eigenvalue weighted by molar-refractivity contribution is 0.0890. The van der Waals surface area contributed by atoms with Crippen LogP contribution in [0.15, 0.2) is 53.4 Å². The second-order valence-electron chi connectivity index (χ2n) is 6.58. The van der Waals surface area contributed by atoms with Gasteiger partial charge in [-0.2, -0.15) is 0 Å². The van der Waals surface area contributed by atoms with E-state index < -0.39 is 10.0 Å². The Hall–Kier alpha value is -2.11. The molecule has 1 aliphatic carbocycles. The highest BCUT2D eigenvalue weighted by Crippen LogP contribution is 2.41. The molecule has 5 heteroatoms. The highest BCUT2D eigenvalue weighted by atomic mass is 32.2. The number of hydrogen-bond donors (Lipinski definition) is 0. The highest BCUT2D eigenvalue weighted by molar-refractivity contribution is 7.90. The molecule has 0 radical (unpaired) electrons.